The first-order valence-electron chi connectivity index (χ1n) is 6.18. The van der Waals surface area contributed by atoms with Gasteiger partial charge in [0.05, 0.1) is 18.3 Å². The zero-order valence-corrected chi connectivity index (χ0v) is 11.1. The molecule has 4 nitrogen and oxygen atoms in total. The van der Waals surface area contributed by atoms with Crippen LogP contribution in [-0.4, -0.2) is 16.2 Å². The van der Waals surface area contributed by atoms with Gasteiger partial charge < -0.3 is 14.6 Å². The van der Waals surface area contributed by atoms with Gasteiger partial charge in [0, 0.05) is 19.4 Å². The zero-order chi connectivity index (χ0) is 13.0. The summed E-state index contributed by atoms with van der Waals surface area (Å²) in [5.74, 6) is 1.88. The summed E-state index contributed by atoms with van der Waals surface area (Å²) in [6, 6.07) is 8.09. The Hall–Kier alpha value is -1.97. The van der Waals surface area contributed by atoms with Crippen LogP contribution in [0, 0.1) is 0 Å². The van der Waals surface area contributed by atoms with Crippen LogP contribution < -0.4 is 10.1 Å². The Morgan fingerprint density at radius 1 is 1.39 bits per heavy atom. The minimum absolute atomic E-state index is 0.131. The lowest BCUT2D eigenvalue weighted by atomic mass is 10.2. The molecule has 1 heterocycles. The molecule has 0 saturated heterocycles. The molecule has 0 fully saturated rings. The largest absolute Gasteiger partial charge is 0.492 e. The van der Waals surface area contributed by atoms with Crippen molar-refractivity contribution in [3.8, 4) is 5.75 Å². The van der Waals surface area contributed by atoms with E-state index in [-0.39, 0.29) is 6.04 Å². The molecule has 0 radical (unpaired) electrons. The van der Waals surface area contributed by atoms with Crippen molar-refractivity contribution in [1.29, 1.82) is 0 Å². The third kappa shape index (κ3) is 2.64. The molecule has 1 atom stereocenters. The van der Waals surface area contributed by atoms with Gasteiger partial charge in [-0.3, -0.25) is 0 Å². The van der Waals surface area contributed by atoms with E-state index in [9.17, 15) is 0 Å². The molecule has 4 heteroatoms. The van der Waals surface area contributed by atoms with Crippen LogP contribution in [0.3, 0.4) is 0 Å². The summed E-state index contributed by atoms with van der Waals surface area (Å²) in [5.41, 5.74) is 0.995. The molecule has 96 valence electrons. The molecule has 2 aromatic rings. The predicted octanol–water partition coefficient (Wildman–Crippen LogP) is 2.99. The fourth-order valence-corrected chi connectivity index (χ4v) is 1.96. The summed E-state index contributed by atoms with van der Waals surface area (Å²) in [7, 11) is 2.00. The Bertz CT molecular complexity index is 507. The van der Waals surface area contributed by atoms with Crippen LogP contribution in [0.4, 0.5) is 5.69 Å². The normalized spacial score (nSPS) is 12.2. The second-order valence-corrected chi connectivity index (χ2v) is 4.19. The Morgan fingerprint density at radius 2 is 2.17 bits per heavy atom. The minimum atomic E-state index is 0.131. The van der Waals surface area contributed by atoms with Crippen molar-refractivity contribution < 1.29 is 4.74 Å². The van der Waals surface area contributed by atoms with Crippen molar-refractivity contribution in [2.45, 2.75) is 19.9 Å². The molecule has 0 spiro atoms. The van der Waals surface area contributed by atoms with Crippen LogP contribution in [0.1, 0.15) is 25.7 Å². The van der Waals surface area contributed by atoms with Crippen molar-refractivity contribution >= 4 is 5.69 Å². The zero-order valence-electron chi connectivity index (χ0n) is 11.1. The number of aromatic nitrogens is 2. The third-order valence-corrected chi connectivity index (χ3v) is 2.80. The molecule has 18 heavy (non-hydrogen) atoms. The molecule has 0 aliphatic rings. The van der Waals surface area contributed by atoms with E-state index in [0.717, 1.165) is 17.3 Å². The highest BCUT2D eigenvalue weighted by Crippen LogP contribution is 2.27. The van der Waals surface area contributed by atoms with Gasteiger partial charge in [-0.25, -0.2) is 4.98 Å². The lowest BCUT2D eigenvalue weighted by Crippen LogP contribution is -2.12. The summed E-state index contributed by atoms with van der Waals surface area (Å²) in [6.45, 7) is 4.74. The molecule has 0 aliphatic heterocycles. The van der Waals surface area contributed by atoms with Crippen LogP contribution >= 0.6 is 0 Å². The number of ether oxygens (including phenoxy) is 1. The highest BCUT2D eigenvalue weighted by molar-refractivity contribution is 5.56. The first-order valence-corrected chi connectivity index (χ1v) is 6.18. The summed E-state index contributed by atoms with van der Waals surface area (Å²) in [6.07, 6.45) is 3.75. The summed E-state index contributed by atoms with van der Waals surface area (Å²) < 4.78 is 7.61. The number of anilines is 1. The SMILES string of the molecule is CCOc1ccccc1NC(C)c1nccn1C. The molecule has 0 bridgehead atoms. The van der Waals surface area contributed by atoms with Crippen molar-refractivity contribution in [1.82, 2.24) is 9.55 Å². The van der Waals surface area contributed by atoms with Gasteiger partial charge in [0.15, 0.2) is 0 Å². The molecule has 1 aromatic carbocycles. The number of nitrogens with one attached hydrogen (secondary N) is 1. The van der Waals surface area contributed by atoms with E-state index >= 15 is 0 Å². The smallest absolute Gasteiger partial charge is 0.142 e. The number of hydrogen-bond acceptors (Lipinski definition) is 3. The van der Waals surface area contributed by atoms with Gasteiger partial charge in [0.25, 0.3) is 0 Å². The topological polar surface area (TPSA) is 39.1 Å². The minimum Gasteiger partial charge on any atom is -0.492 e. The fourth-order valence-electron chi connectivity index (χ4n) is 1.96. The maximum atomic E-state index is 5.60. The Labute approximate surface area is 108 Å². The molecule has 1 aromatic heterocycles. The second-order valence-electron chi connectivity index (χ2n) is 4.19. The first-order chi connectivity index (χ1) is 8.72. The van der Waals surface area contributed by atoms with E-state index in [1.165, 1.54) is 0 Å². The lowest BCUT2D eigenvalue weighted by Gasteiger charge is -2.17. The summed E-state index contributed by atoms with van der Waals surface area (Å²) in [4.78, 5) is 4.35. The van der Waals surface area contributed by atoms with E-state index in [2.05, 4.69) is 17.2 Å². The lowest BCUT2D eigenvalue weighted by molar-refractivity contribution is 0.341. The Morgan fingerprint density at radius 3 is 2.83 bits per heavy atom. The van der Waals surface area contributed by atoms with Crippen LogP contribution in [0.5, 0.6) is 5.75 Å². The van der Waals surface area contributed by atoms with E-state index < -0.39 is 0 Å². The van der Waals surface area contributed by atoms with Crippen LogP contribution in [0.15, 0.2) is 36.7 Å². The Kier molecular flexibility index (Phi) is 3.87. The van der Waals surface area contributed by atoms with Crippen molar-refractivity contribution in [3.05, 3.63) is 42.5 Å². The standard InChI is InChI=1S/C14H19N3O/c1-4-18-13-8-6-5-7-12(13)16-11(2)14-15-9-10-17(14)3/h5-11,16H,4H2,1-3H3. The maximum absolute atomic E-state index is 5.60. The van der Waals surface area contributed by atoms with Gasteiger partial charge in [-0.1, -0.05) is 12.1 Å². The fraction of sp³-hybridized carbons (Fsp3) is 0.357. The average molecular weight is 245 g/mol. The maximum Gasteiger partial charge on any atom is 0.142 e. The quantitative estimate of drug-likeness (QED) is 0.880. The van der Waals surface area contributed by atoms with Crippen molar-refractivity contribution in [2.75, 3.05) is 11.9 Å². The van der Waals surface area contributed by atoms with Crippen LogP contribution in [0.25, 0.3) is 0 Å². The predicted molar refractivity (Wildman–Crippen MR) is 72.9 cm³/mol. The van der Waals surface area contributed by atoms with Gasteiger partial charge in [-0.2, -0.15) is 0 Å². The number of benzene rings is 1. The number of para-hydroxylation sites is 2. The van der Waals surface area contributed by atoms with Gasteiger partial charge >= 0.3 is 0 Å². The van der Waals surface area contributed by atoms with E-state index in [1.807, 2.05) is 55.2 Å². The molecule has 0 saturated carbocycles. The monoisotopic (exact) mass is 245 g/mol. The van der Waals surface area contributed by atoms with Gasteiger partial charge in [0.1, 0.15) is 11.6 Å². The molecule has 1 N–H and O–H groups in total. The van der Waals surface area contributed by atoms with Crippen molar-refractivity contribution in [2.24, 2.45) is 7.05 Å². The van der Waals surface area contributed by atoms with Gasteiger partial charge in [0.2, 0.25) is 0 Å². The number of hydrogen-bond donors (Lipinski definition) is 1. The van der Waals surface area contributed by atoms with Gasteiger partial charge in [-0.05, 0) is 26.0 Å². The average Bonchev–Trinajstić information content (AvgIpc) is 2.78. The summed E-state index contributed by atoms with van der Waals surface area (Å²) >= 11 is 0. The van der Waals surface area contributed by atoms with E-state index in [1.54, 1.807) is 0 Å². The first kappa shape index (κ1) is 12.5. The highest BCUT2D eigenvalue weighted by atomic mass is 16.5. The van der Waals surface area contributed by atoms with Crippen molar-refractivity contribution in [3.63, 3.8) is 0 Å². The van der Waals surface area contributed by atoms with E-state index in [4.69, 9.17) is 4.74 Å². The van der Waals surface area contributed by atoms with Crippen LogP contribution in [0.2, 0.25) is 0 Å². The third-order valence-electron chi connectivity index (χ3n) is 2.80. The molecular weight excluding hydrogens is 226 g/mol. The number of rotatable bonds is 5. The van der Waals surface area contributed by atoms with Crippen LogP contribution in [-0.2, 0) is 7.05 Å². The highest BCUT2D eigenvalue weighted by Gasteiger charge is 2.12. The second kappa shape index (κ2) is 5.58. The summed E-state index contributed by atoms with van der Waals surface area (Å²) in [5, 5.41) is 3.43. The number of nitrogens with zero attached hydrogens (tertiary/aromatic N) is 2. The molecular formula is C14H19N3O. The Balaban J connectivity index is 2.16. The molecule has 0 aliphatic carbocycles. The van der Waals surface area contributed by atoms with E-state index in [0.29, 0.717) is 6.61 Å². The molecule has 2 rings (SSSR count). The van der Waals surface area contributed by atoms with Gasteiger partial charge in [-0.15, -0.1) is 0 Å². The molecule has 0 amide bonds. The number of aryl methyl sites for hydroxylation is 1. The number of imidazole rings is 1. The molecule has 1 unspecified atom stereocenters.